The Bertz CT molecular complexity index is 1690. The first-order valence-electron chi connectivity index (χ1n) is 14.6. The molecule has 1 aromatic carbocycles. The number of nitrogens with one attached hydrogen (secondary N) is 1. The summed E-state index contributed by atoms with van der Waals surface area (Å²) in [7, 11) is -3.04. The minimum Gasteiger partial charge on any atom is -0.369 e. The molecular formula is C31H32FN5O3S2. The molecule has 0 bridgehead atoms. The summed E-state index contributed by atoms with van der Waals surface area (Å²) in [6, 6.07) is 11.8. The van der Waals surface area contributed by atoms with Crippen LogP contribution in [0.1, 0.15) is 63.0 Å². The van der Waals surface area contributed by atoms with Crippen molar-refractivity contribution in [1.82, 2.24) is 15.3 Å². The Labute approximate surface area is 248 Å². The van der Waals surface area contributed by atoms with Gasteiger partial charge in [-0.25, -0.2) is 17.8 Å². The molecule has 3 aromatic rings. The van der Waals surface area contributed by atoms with Gasteiger partial charge in [0.05, 0.1) is 33.3 Å². The van der Waals surface area contributed by atoms with Gasteiger partial charge in [-0.2, -0.15) is 5.26 Å². The molecule has 42 heavy (non-hydrogen) atoms. The molecule has 7 rings (SSSR count). The Morgan fingerprint density at radius 2 is 1.86 bits per heavy atom. The molecule has 2 aromatic heterocycles. The lowest BCUT2D eigenvalue weighted by atomic mass is 9.76. The normalized spacial score (nSPS) is 25.0. The van der Waals surface area contributed by atoms with Crippen molar-refractivity contribution in [3.8, 4) is 27.1 Å². The van der Waals surface area contributed by atoms with E-state index in [0.29, 0.717) is 36.5 Å². The van der Waals surface area contributed by atoms with Crippen LogP contribution in [0.15, 0.2) is 42.7 Å². The number of hydrogen-bond acceptors (Lipinski definition) is 8. The van der Waals surface area contributed by atoms with Crippen LogP contribution in [-0.2, 0) is 14.6 Å². The minimum absolute atomic E-state index is 0.0870. The summed E-state index contributed by atoms with van der Waals surface area (Å²) in [5.41, 5.74) is 2.63. The SMILES string of the molecule is N#CC1(NC(=O)C2CCCCC2c2nc(-c3cncc(F)c3)sc2-c2ccc(N3CCS(=O)(=O)C4(CC4)C3)cc2)CC1. The van der Waals surface area contributed by atoms with Crippen molar-refractivity contribution in [1.29, 1.82) is 5.26 Å². The second-order valence-corrected chi connectivity index (χ2v) is 15.8. The van der Waals surface area contributed by atoms with Gasteiger partial charge in [0.1, 0.15) is 16.4 Å². The lowest BCUT2D eigenvalue weighted by Crippen LogP contribution is -2.48. The zero-order chi connectivity index (χ0) is 29.1. The van der Waals surface area contributed by atoms with Crippen LogP contribution in [0.5, 0.6) is 0 Å². The number of nitrogens with zero attached hydrogens (tertiary/aromatic N) is 4. The molecule has 1 saturated heterocycles. The van der Waals surface area contributed by atoms with Gasteiger partial charge < -0.3 is 10.2 Å². The molecular weight excluding hydrogens is 574 g/mol. The number of aromatic nitrogens is 2. The van der Waals surface area contributed by atoms with Gasteiger partial charge in [0.25, 0.3) is 0 Å². The van der Waals surface area contributed by atoms with Crippen LogP contribution in [0.4, 0.5) is 10.1 Å². The largest absolute Gasteiger partial charge is 0.369 e. The predicted octanol–water partition coefficient (Wildman–Crippen LogP) is 5.22. The van der Waals surface area contributed by atoms with Gasteiger partial charge in [-0.3, -0.25) is 9.78 Å². The molecule has 11 heteroatoms. The molecule has 2 atom stereocenters. The maximum Gasteiger partial charge on any atom is 0.225 e. The molecule has 3 heterocycles. The van der Waals surface area contributed by atoms with Crippen LogP contribution in [0.25, 0.3) is 21.0 Å². The number of carbonyl (C=O) groups is 1. The molecule has 1 spiro atoms. The summed E-state index contributed by atoms with van der Waals surface area (Å²) in [5.74, 6) is -0.772. The molecule has 1 aliphatic heterocycles. The Kier molecular flexibility index (Phi) is 6.62. The molecule has 3 saturated carbocycles. The first kappa shape index (κ1) is 27.5. The molecule has 1 N–H and O–H groups in total. The van der Waals surface area contributed by atoms with Crippen LogP contribution in [0.2, 0.25) is 0 Å². The second-order valence-electron chi connectivity index (χ2n) is 12.3. The number of carbonyl (C=O) groups excluding carboxylic acids is 1. The Balaban J connectivity index is 1.23. The van der Waals surface area contributed by atoms with Gasteiger partial charge in [0, 0.05) is 42.4 Å². The standard InChI is InChI=1S/C31H32FN5O3S2/c32-22-15-21(16-34-17-22)29-35-26(24-3-1-2-4-25(24)28(38)36-30(18-33)9-10-30)27(41-29)20-5-7-23(8-6-20)37-13-14-42(39,40)31(19-37)11-12-31/h5-8,15-17,24-25H,1-4,9-14,19H2,(H,36,38). The van der Waals surface area contributed by atoms with Crippen LogP contribution in [0, 0.1) is 23.1 Å². The zero-order valence-corrected chi connectivity index (χ0v) is 24.8. The molecule has 1 amide bonds. The van der Waals surface area contributed by atoms with E-state index in [-0.39, 0.29) is 23.5 Å². The van der Waals surface area contributed by atoms with Crippen LogP contribution >= 0.6 is 11.3 Å². The molecule has 0 radical (unpaired) electrons. The highest BCUT2D eigenvalue weighted by atomic mass is 32.2. The fourth-order valence-corrected chi connectivity index (χ4v) is 9.65. The number of hydrogen-bond donors (Lipinski definition) is 1. The summed E-state index contributed by atoms with van der Waals surface area (Å²) in [4.78, 5) is 25.7. The maximum atomic E-state index is 14.1. The highest BCUT2D eigenvalue weighted by Crippen LogP contribution is 2.49. The van der Waals surface area contributed by atoms with Crippen molar-refractivity contribution >= 4 is 32.8 Å². The summed E-state index contributed by atoms with van der Waals surface area (Å²) in [5, 5.41) is 13.2. The van der Waals surface area contributed by atoms with Gasteiger partial charge >= 0.3 is 0 Å². The highest BCUT2D eigenvalue weighted by Gasteiger charge is 2.57. The lowest BCUT2D eigenvalue weighted by Gasteiger charge is -2.34. The fourth-order valence-electron chi connectivity index (χ4n) is 6.56. The zero-order valence-electron chi connectivity index (χ0n) is 23.2. The van der Waals surface area contributed by atoms with Gasteiger partial charge in [-0.1, -0.05) is 25.0 Å². The molecule has 4 aliphatic rings. The smallest absolute Gasteiger partial charge is 0.225 e. The van der Waals surface area contributed by atoms with E-state index >= 15 is 0 Å². The highest BCUT2D eigenvalue weighted by molar-refractivity contribution is 7.93. The van der Waals surface area contributed by atoms with Crippen molar-refractivity contribution in [3.05, 3.63) is 54.2 Å². The maximum absolute atomic E-state index is 14.1. The van der Waals surface area contributed by atoms with Crippen molar-refractivity contribution < 1.29 is 17.6 Å². The quantitative estimate of drug-likeness (QED) is 0.409. The fraction of sp³-hybridized carbons (Fsp3) is 0.484. The third-order valence-electron chi connectivity index (χ3n) is 9.46. The molecule has 3 aliphatic carbocycles. The average molecular weight is 606 g/mol. The van der Waals surface area contributed by atoms with Crippen LogP contribution in [-0.4, -0.2) is 53.4 Å². The Hall–Kier alpha value is -3.36. The first-order chi connectivity index (χ1) is 20.2. The van der Waals surface area contributed by atoms with Crippen LogP contribution < -0.4 is 10.2 Å². The van der Waals surface area contributed by atoms with Crippen molar-refractivity contribution in [3.63, 3.8) is 0 Å². The van der Waals surface area contributed by atoms with E-state index in [1.165, 1.54) is 23.6 Å². The van der Waals surface area contributed by atoms with E-state index < -0.39 is 25.9 Å². The number of benzene rings is 1. The summed E-state index contributed by atoms with van der Waals surface area (Å²) < 4.78 is 38.7. The van der Waals surface area contributed by atoms with E-state index in [4.69, 9.17) is 4.98 Å². The molecule has 2 unspecified atom stereocenters. The predicted molar refractivity (Wildman–Crippen MR) is 159 cm³/mol. The number of pyridine rings is 1. The number of rotatable bonds is 6. The van der Waals surface area contributed by atoms with Crippen molar-refractivity contribution in [2.45, 2.75) is 67.6 Å². The van der Waals surface area contributed by atoms with Crippen molar-refractivity contribution in [2.24, 2.45) is 5.92 Å². The van der Waals surface area contributed by atoms with Crippen molar-refractivity contribution in [2.75, 3.05) is 23.7 Å². The third-order valence-corrected chi connectivity index (χ3v) is 13.2. The first-order valence-corrected chi connectivity index (χ1v) is 17.1. The number of sulfone groups is 1. The van der Waals surface area contributed by atoms with Gasteiger partial charge in [0.15, 0.2) is 9.84 Å². The number of nitriles is 1. The number of halogens is 1. The number of thiazole rings is 1. The Morgan fingerprint density at radius 1 is 1.10 bits per heavy atom. The summed E-state index contributed by atoms with van der Waals surface area (Å²) in [6.45, 7) is 1.01. The number of amides is 1. The second kappa shape index (κ2) is 10.1. The van der Waals surface area contributed by atoms with Crippen LogP contribution in [0.3, 0.4) is 0 Å². The minimum atomic E-state index is -3.04. The van der Waals surface area contributed by atoms with Gasteiger partial charge in [-0.05, 0) is 62.3 Å². The average Bonchev–Trinajstić information content (AvgIpc) is 3.91. The number of anilines is 1. The monoisotopic (exact) mass is 605 g/mol. The van der Waals surface area contributed by atoms with E-state index in [2.05, 4.69) is 21.3 Å². The van der Waals surface area contributed by atoms with Gasteiger partial charge in [0.2, 0.25) is 5.91 Å². The topological polar surface area (TPSA) is 116 Å². The Morgan fingerprint density at radius 3 is 2.55 bits per heavy atom. The summed E-state index contributed by atoms with van der Waals surface area (Å²) in [6.07, 6.45) is 9.05. The van der Waals surface area contributed by atoms with E-state index in [9.17, 15) is 22.9 Å². The molecule has 218 valence electrons. The third kappa shape index (κ3) is 4.88. The lowest BCUT2D eigenvalue weighted by molar-refractivity contribution is -0.127. The van der Waals surface area contributed by atoms with E-state index in [1.807, 2.05) is 24.3 Å². The van der Waals surface area contributed by atoms with Gasteiger partial charge in [-0.15, -0.1) is 11.3 Å². The molecule has 8 nitrogen and oxygen atoms in total. The van der Waals surface area contributed by atoms with E-state index in [0.717, 1.165) is 60.3 Å². The van der Waals surface area contributed by atoms with E-state index in [1.54, 1.807) is 6.20 Å². The summed E-state index contributed by atoms with van der Waals surface area (Å²) >= 11 is 1.47. The molecule has 4 fully saturated rings.